The van der Waals surface area contributed by atoms with Crippen LogP contribution >= 0.6 is 0 Å². The van der Waals surface area contributed by atoms with Gasteiger partial charge in [0, 0.05) is 6.08 Å². The summed E-state index contributed by atoms with van der Waals surface area (Å²) < 4.78 is 10.5. The Hall–Kier alpha value is -2.75. The lowest BCUT2D eigenvalue weighted by Gasteiger charge is -2.14. The first-order valence-electron chi connectivity index (χ1n) is 8.93. The van der Waals surface area contributed by atoms with E-state index in [1.54, 1.807) is 26.4 Å². The van der Waals surface area contributed by atoms with Crippen molar-refractivity contribution in [1.82, 2.24) is 5.32 Å². The van der Waals surface area contributed by atoms with Gasteiger partial charge in [0.1, 0.15) is 0 Å². The molecule has 0 aliphatic heterocycles. The number of methoxy groups -OCH3 is 2. The van der Waals surface area contributed by atoms with Crippen molar-refractivity contribution in [2.75, 3.05) is 14.2 Å². The number of rotatable bonds is 6. The van der Waals surface area contributed by atoms with E-state index in [1.165, 1.54) is 24.0 Å². The van der Waals surface area contributed by atoms with Crippen LogP contribution in [-0.4, -0.2) is 20.1 Å². The Kier molecular flexibility index (Phi) is 5.61. The van der Waals surface area contributed by atoms with Crippen LogP contribution in [0.2, 0.25) is 0 Å². The van der Waals surface area contributed by atoms with E-state index in [9.17, 15) is 4.79 Å². The molecule has 4 nitrogen and oxygen atoms in total. The van der Waals surface area contributed by atoms with Gasteiger partial charge in [-0.05, 0) is 66.6 Å². The molecule has 0 fully saturated rings. The smallest absolute Gasteiger partial charge is 0.244 e. The molecule has 0 heterocycles. The number of benzene rings is 2. The average Bonchev–Trinajstić information content (AvgIpc) is 3.13. The fourth-order valence-electron chi connectivity index (χ4n) is 3.33. The van der Waals surface area contributed by atoms with E-state index < -0.39 is 0 Å². The maximum Gasteiger partial charge on any atom is 0.244 e. The third kappa shape index (κ3) is 4.07. The van der Waals surface area contributed by atoms with Gasteiger partial charge >= 0.3 is 0 Å². The molecule has 0 spiro atoms. The quantitative estimate of drug-likeness (QED) is 0.798. The van der Waals surface area contributed by atoms with Gasteiger partial charge in [0.15, 0.2) is 11.5 Å². The molecule has 1 atom stereocenters. The molecule has 4 heteroatoms. The molecule has 3 rings (SSSR count). The van der Waals surface area contributed by atoms with Gasteiger partial charge in [-0.25, -0.2) is 0 Å². The van der Waals surface area contributed by atoms with Crippen molar-refractivity contribution >= 4 is 12.0 Å². The molecule has 1 amide bonds. The number of nitrogens with one attached hydrogen (secondary N) is 1. The molecule has 0 bridgehead atoms. The second-order valence-electron chi connectivity index (χ2n) is 6.56. The largest absolute Gasteiger partial charge is 0.493 e. The summed E-state index contributed by atoms with van der Waals surface area (Å²) in [5, 5.41) is 3.03. The van der Waals surface area contributed by atoms with E-state index in [0.29, 0.717) is 11.5 Å². The number of hydrogen-bond acceptors (Lipinski definition) is 3. The van der Waals surface area contributed by atoms with E-state index in [-0.39, 0.29) is 11.9 Å². The van der Waals surface area contributed by atoms with Crippen molar-refractivity contribution in [3.63, 3.8) is 0 Å². The second kappa shape index (κ2) is 8.09. The Bertz CT molecular complexity index is 826. The van der Waals surface area contributed by atoms with Crippen LogP contribution in [0, 0.1) is 0 Å². The monoisotopic (exact) mass is 351 g/mol. The normalized spacial score (nSPS) is 14.1. The summed E-state index contributed by atoms with van der Waals surface area (Å²) >= 11 is 0. The number of carbonyl (C=O) groups excluding carboxylic acids is 1. The molecular formula is C22H25NO3. The predicted molar refractivity (Wildman–Crippen MR) is 104 cm³/mol. The van der Waals surface area contributed by atoms with Gasteiger partial charge < -0.3 is 14.8 Å². The highest BCUT2D eigenvalue weighted by molar-refractivity contribution is 5.92. The summed E-state index contributed by atoms with van der Waals surface area (Å²) in [6.45, 7) is 2.01. The number of hydrogen-bond donors (Lipinski definition) is 1. The number of aryl methyl sites for hydroxylation is 2. The maximum absolute atomic E-state index is 12.3. The molecule has 0 aromatic heterocycles. The van der Waals surface area contributed by atoms with Crippen LogP contribution in [0.5, 0.6) is 11.5 Å². The van der Waals surface area contributed by atoms with Gasteiger partial charge in [-0.1, -0.05) is 24.3 Å². The first kappa shape index (κ1) is 18.1. The molecular weight excluding hydrogens is 326 g/mol. The van der Waals surface area contributed by atoms with Gasteiger partial charge in [0.25, 0.3) is 0 Å². The van der Waals surface area contributed by atoms with E-state index in [0.717, 1.165) is 17.5 Å². The van der Waals surface area contributed by atoms with Crippen LogP contribution < -0.4 is 14.8 Å². The van der Waals surface area contributed by atoms with Gasteiger partial charge in [-0.3, -0.25) is 4.79 Å². The predicted octanol–water partition coefficient (Wildman–Crippen LogP) is 4.08. The van der Waals surface area contributed by atoms with E-state index in [4.69, 9.17) is 9.47 Å². The van der Waals surface area contributed by atoms with E-state index >= 15 is 0 Å². The Morgan fingerprint density at radius 1 is 1.04 bits per heavy atom. The first-order chi connectivity index (χ1) is 12.6. The highest BCUT2D eigenvalue weighted by atomic mass is 16.5. The van der Waals surface area contributed by atoms with Crippen LogP contribution in [0.15, 0.2) is 42.5 Å². The maximum atomic E-state index is 12.3. The lowest BCUT2D eigenvalue weighted by Crippen LogP contribution is -2.24. The highest BCUT2D eigenvalue weighted by Crippen LogP contribution is 2.28. The van der Waals surface area contributed by atoms with E-state index in [1.807, 2.05) is 25.1 Å². The summed E-state index contributed by atoms with van der Waals surface area (Å²) in [5.74, 6) is 1.19. The molecule has 2 aromatic carbocycles. The standard InChI is InChI=1S/C22H25NO3/c1-15(18-10-9-17-5-4-6-19(17)14-18)23-22(24)12-8-16-7-11-20(25-2)21(13-16)26-3/h7-15H,4-6H2,1-3H3,(H,23,24)/b12-8+/t15-/m1/s1. The van der Waals surface area contributed by atoms with Crippen molar-refractivity contribution in [3.05, 3.63) is 64.7 Å². The Labute approximate surface area is 154 Å². The third-order valence-corrected chi connectivity index (χ3v) is 4.82. The molecule has 1 aliphatic carbocycles. The first-order valence-corrected chi connectivity index (χ1v) is 8.93. The minimum Gasteiger partial charge on any atom is -0.493 e. The molecule has 1 N–H and O–H groups in total. The molecule has 0 saturated carbocycles. The van der Waals surface area contributed by atoms with E-state index in [2.05, 4.69) is 23.5 Å². The lowest BCUT2D eigenvalue weighted by molar-refractivity contribution is -0.117. The lowest BCUT2D eigenvalue weighted by atomic mass is 10.0. The number of ether oxygens (including phenoxy) is 2. The van der Waals surface area contributed by atoms with Gasteiger partial charge in [0.2, 0.25) is 5.91 Å². The van der Waals surface area contributed by atoms with Gasteiger partial charge in [0.05, 0.1) is 20.3 Å². The summed E-state index contributed by atoms with van der Waals surface area (Å²) in [6.07, 6.45) is 6.86. The molecule has 2 aromatic rings. The second-order valence-corrected chi connectivity index (χ2v) is 6.56. The third-order valence-electron chi connectivity index (χ3n) is 4.82. The zero-order chi connectivity index (χ0) is 18.5. The molecule has 0 radical (unpaired) electrons. The van der Waals surface area contributed by atoms with Gasteiger partial charge in [-0.2, -0.15) is 0 Å². The van der Waals surface area contributed by atoms with Crippen LogP contribution in [0.3, 0.4) is 0 Å². The van der Waals surface area contributed by atoms with Crippen molar-refractivity contribution in [3.8, 4) is 11.5 Å². The molecule has 0 saturated heterocycles. The van der Waals surface area contributed by atoms with Gasteiger partial charge in [-0.15, -0.1) is 0 Å². The van der Waals surface area contributed by atoms with Crippen molar-refractivity contribution in [2.24, 2.45) is 0 Å². The fourth-order valence-corrected chi connectivity index (χ4v) is 3.33. The summed E-state index contributed by atoms with van der Waals surface area (Å²) in [7, 11) is 3.19. The van der Waals surface area contributed by atoms with Crippen molar-refractivity contribution in [2.45, 2.75) is 32.2 Å². The molecule has 0 unspecified atom stereocenters. The summed E-state index contributed by atoms with van der Waals surface area (Å²) in [4.78, 5) is 12.3. The summed E-state index contributed by atoms with van der Waals surface area (Å²) in [6, 6.07) is 12.1. The fraction of sp³-hybridized carbons (Fsp3) is 0.318. The Balaban J connectivity index is 1.64. The van der Waals surface area contributed by atoms with Crippen LogP contribution in [0.25, 0.3) is 6.08 Å². The van der Waals surface area contributed by atoms with Crippen LogP contribution in [-0.2, 0) is 17.6 Å². The average molecular weight is 351 g/mol. The SMILES string of the molecule is COc1ccc(/C=C/C(=O)N[C@H](C)c2ccc3c(c2)CCC3)cc1OC. The van der Waals surface area contributed by atoms with Crippen molar-refractivity contribution in [1.29, 1.82) is 0 Å². The highest BCUT2D eigenvalue weighted by Gasteiger charge is 2.14. The minimum absolute atomic E-state index is 0.0246. The van der Waals surface area contributed by atoms with Crippen LogP contribution in [0.4, 0.5) is 0 Å². The molecule has 26 heavy (non-hydrogen) atoms. The van der Waals surface area contributed by atoms with Crippen LogP contribution in [0.1, 0.15) is 41.6 Å². The number of amides is 1. The summed E-state index contributed by atoms with van der Waals surface area (Å²) in [5.41, 5.74) is 4.89. The Morgan fingerprint density at radius 3 is 2.58 bits per heavy atom. The number of fused-ring (bicyclic) bond motifs is 1. The zero-order valence-electron chi connectivity index (χ0n) is 15.5. The zero-order valence-corrected chi connectivity index (χ0v) is 15.5. The molecule has 1 aliphatic rings. The molecule has 136 valence electrons. The topological polar surface area (TPSA) is 47.6 Å². The van der Waals surface area contributed by atoms with Crippen molar-refractivity contribution < 1.29 is 14.3 Å². The minimum atomic E-state index is -0.118. The Morgan fingerprint density at radius 2 is 1.81 bits per heavy atom. The number of carbonyl (C=O) groups is 1.